The van der Waals surface area contributed by atoms with Crippen molar-refractivity contribution in [2.24, 2.45) is 0 Å². The topological polar surface area (TPSA) is 81.2 Å². The van der Waals surface area contributed by atoms with Crippen LogP contribution in [0.25, 0.3) is 11.1 Å². The molecule has 130 valence electrons. The van der Waals surface area contributed by atoms with Crippen molar-refractivity contribution in [3.05, 3.63) is 53.0 Å². The standard InChI is InChI=1S/C16H12F3N3O3/c1-8-6-12(22-24-8)14(23)20-15-13(9(2)21-25-15)10-4-3-5-11(7-10)16(17,18)19/h3-7H,1-2H3,(H,20,23). The van der Waals surface area contributed by atoms with Crippen LogP contribution in [0.4, 0.5) is 19.1 Å². The lowest BCUT2D eigenvalue weighted by Crippen LogP contribution is -2.12. The molecule has 1 amide bonds. The number of carbonyl (C=O) groups excluding carboxylic acids is 1. The maximum absolute atomic E-state index is 12.9. The summed E-state index contributed by atoms with van der Waals surface area (Å²) in [5.41, 5.74) is 0.0300. The minimum atomic E-state index is -4.48. The number of rotatable bonds is 3. The second-order valence-corrected chi connectivity index (χ2v) is 5.33. The Labute approximate surface area is 139 Å². The third-order valence-electron chi connectivity index (χ3n) is 3.43. The van der Waals surface area contributed by atoms with Gasteiger partial charge in [0.25, 0.3) is 5.91 Å². The van der Waals surface area contributed by atoms with Gasteiger partial charge in [0.2, 0.25) is 5.88 Å². The molecule has 25 heavy (non-hydrogen) atoms. The molecule has 0 saturated carbocycles. The Hall–Kier alpha value is -3.10. The van der Waals surface area contributed by atoms with Crippen molar-refractivity contribution < 1.29 is 27.0 Å². The minimum Gasteiger partial charge on any atom is -0.361 e. The molecule has 0 atom stereocenters. The van der Waals surface area contributed by atoms with Gasteiger partial charge in [0.1, 0.15) is 5.76 Å². The van der Waals surface area contributed by atoms with Crippen molar-refractivity contribution in [1.82, 2.24) is 10.3 Å². The van der Waals surface area contributed by atoms with Gasteiger partial charge in [-0.25, -0.2) is 0 Å². The van der Waals surface area contributed by atoms with E-state index in [0.29, 0.717) is 11.5 Å². The summed E-state index contributed by atoms with van der Waals surface area (Å²) in [7, 11) is 0. The molecular formula is C16H12F3N3O3. The Balaban J connectivity index is 1.96. The molecule has 0 radical (unpaired) electrons. The van der Waals surface area contributed by atoms with Gasteiger partial charge < -0.3 is 9.05 Å². The third-order valence-corrected chi connectivity index (χ3v) is 3.43. The fraction of sp³-hybridized carbons (Fsp3) is 0.188. The van der Waals surface area contributed by atoms with Crippen LogP contribution in [0.3, 0.4) is 0 Å². The highest BCUT2D eigenvalue weighted by Crippen LogP contribution is 2.36. The normalized spacial score (nSPS) is 11.6. The Bertz CT molecular complexity index is 928. The summed E-state index contributed by atoms with van der Waals surface area (Å²) >= 11 is 0. The van der Waals surface area contributed by atoms with Gasteiger partial charge in [-0.1, -0.05) is 22.4 Å². The van der Waals surface area contributed by atoms with E-state index in [-0.39, 0.29) is 22.7 Å². The van der Waals surface area contributed by atoms with Gasteiger partial charge in [-0.2, -0.15) is 13.2 Å². The first-order valence-corrected chi connectivity index (χ1v) is 7.14. The quantitative estimate of drug-likeness (QED) is 0.764. The van der Waals surface area contributed by atoms with Gasteiger partial charge in [-0.05, 0) is 31.5 Å². The number of nitrogens with one attached hydrogen (secondary N) is 1. The molecule has 0 bridgehead atoms. The van der Waals surface area contributed by atoms with Crippen LogP contribution in [-0.2, 0) is 6.18 Å². The Morgan fingerprint density at radius 1 is 1.12 bits per heavy atom. The molecule has 1 N–H and O–H groups in total. The zero-order valence-electron chi connectivity index (χ0n) is 13.1. The van der Waals surface area contributed by atoms with Gasteiger partial charge in [-0.15, -0.1) is 0 Å². The number of hydrogen-bond donors (Lipinski definition) is 1. The number of amides is 1. The van der Waals surface area contributed by atoms with E-state index in [0.717, 1.165) is 12.1 Å². The van der Waals surface area contributed by atoms with Crippen molar-refractivity contribution in [2.45, 2.75) is 20.0 Å². The summed E-state index contributed by atoms with van der Waals surface area (Å²) < 4.78 is 48.6. The van der Waals surface area contributed by atoms with Crippen LogP contribution in [0.15, 0.2) is 39.4 Å². The highest BCUT2D eigenvalue weighted by Gasteiger charge is 2.31. The van der Waals surface area contributed by atoms with Crippen molar-refractivity contribution in [1.29, 1.82) is 0 Å². The number of aryl methyl sites for hydroxylation is 2. The number of anilines is 1. The lowest BCUT2D eigenvalue weighted by molar-refractivity contribution is -0.137. The molecule has 3 rings (SSSR count). The number of hydrogen-bond acceptors (Lipinski definition) is 5. The van der Waals surface area contributed by atoms with E-state index in [1.807, 2.05) is 0 Å². The highest BCUT2D eigenvalue weighted by molar-refractivity contribution is 6.04. The molecule has 9 heteroatoms. The van der Waals surface area contributed by atoms with Gasteiger partial charge in [-0.3, -0.25) is 10.1 Å². The first-order chi connectivity index (χ1) is 11.8. The van der Waals surface area contributed by atoms with Crippen LogP contribution in [0.2, 0.25) is 0 Å². The van der Waals surface area contributed by atoms with E-state index in [1.54, 1.807) is 13.8 Å². The van der Waals surface area contributed by atoms with Crippen LogP contribution in [-0.4, -0.2) is 16.2 Å². The number of benzene rings is 1. The van der Waals surface area contributed by atoms with E-state index in [1.165, 1.54) is 18.2 Å². The number of nitrogens with zero attached hydrogens (tertiary/aromatic N) is 2. The van der Waals surface area contributed by atoms with Crippen molar-refractivity contribution in [2.75, 3.05) is 5.32 Å². The van der Waals surface area contributed by atoms with E-state index in [2.05, 4.69) is 15.6 Å². The number of halogens is 3. The van der Waals surface area contributed by atoms with Crippen LogP contribution in [0, 0.1) is 13.8 Å². The molecule has 0 aliphatic heterocycles. The molecule has 2 aromatic heterocycles. The molecule has 0 aliphatic rings. The average Bonchev–Trinajstić information content (AvgIpc) is 3.13. The van der Waals surface area contributed by atoms with Gasteiger partial charge in [0, 0.05) is 6.07 Å². The van der Waals surface area contributed by atoms with E-state index < -0.39 is 17.6 Å². The number of alkyl halides is 3. The molecule has 0 fully saturated rings. The van der Waals surface area contributed by atoms with Gasteiger partial charge >= 0.3 is 6.18 Å². The zero-order valence-corrected chi connectivity index (χ0v) is 13.1. The monoisotopic (exact) mass is 351 g/mol. The minimum absolute atomic E-state index is 0.0153. The molecule has 0 aliphatic carbocycles. The average molecular weight is 351 g/mol. The van der Waals surface area contributed by atoms with Crippen LogP contribution in [0.5, 0.6) is 0 Å². The molecule has 0 unspecified atom stereocenters. The Morgan fingerprint density at radius 3 is 2.52 bits per heavy atom. The summed E-state index contributed by atoms with van der Waals surface area (Å²) in [6.07, 6.45) is -4.48. The smallest absolute Gasteiger partial charge is 0.361 e. The van der Waals surface area contributed by atoms with E-state index in [4.69, 9.17) is 9.05 Å². The summed E-state index contributed by atoms with van der Waals surface area (Å²) in [5.74, 6) is -0.249. The first-order valence-electron chi connectivity index (χ1n) is 7.14. The lowest BCUT2D eigenvalue weighted by atomic mass is 10.0. The molecule has 2 heterocycles. The highest BCUT2D eigenvalue weighted by atomic mass is 19.4. The third kappa shape index (κ3) is 3.39. The summed E-state index contributed by atoms with van der Waals surface area (Å²) in [6, 6.07) is 6.10. The fourth-order valence-corrected chi connectivity index (χ4v) is 2.29. The molecule has 6 nitrogen and oxygen atoms in total. The first kappa shape index (κ1) is 16.7. The largest absolute Gasteiger partial charge is 0.416 e. The molecular weight excluding hydrogens is 339 g/mol. The molecule has 3 aromatic rings. The van der Waals surface area contributed by atoms with Gasteiger partial charge in [0.05, 0.1) is 16.8 Å². The summed E-state index contributed by atoms with van der Waals surface area (Å²) in [5, 5.41) is 9.74. The fourth-order valence-electron chi connectivity index (χ4n) is 2.29. The van der Waals surface area contributed by atoms with Crippen LogP contribution >= 0.6 is 0 Å². The predicted molar refractivity (Wildman–Crippen MR) is 80.9 cm³/mol. The van der Waals surface area contributed by atoms with Crippen LogP contribution in [0.1, 0.15) is 27.5 Å². The molecule has 0 spiro atoms. The summed E-state index contributed by atoms with van der Waals surface area (Å²) in [4.78, 5) is 12.1. The maximum atomic E-state index is 12.9. The lowest BCUT2D eigenvalue weighted by Gasteiger charge is -2.09. The zero-order chi connectivity index (χ0) is 18.2. The van der Waals surface area contributed by atoms with Crippen molar-refractivity contribution in [3.8, 4) is 11.1 Å². The Morgan fingerprint density at radius 2 is 1.88 bits per heavy atom. The number of carbonyl (C=O) groups is 1. The van der Waals surface area contributed by atoms with Crippen LogP contribution < -0.4 is 5.32 Å². The maximum Gasteiger partial charge on any atom is 0.416 e. The van der Waals surface area contributed by atoms with Crippen molar-refractivity contribution in [3.63, 3.8) is 0 Å². The molecule has 1 aromatic carbocycles. The van der Waals surface area contributed by atoms with E-state index in [9.17, 15) is 18.0 Å². The second kappa shape index (κ2) is 6.08. The molecule has 0 saturated heterocycles. The number of aromatic nitrogens is 2. The SMILES string of the molecule is Cc1cc(C(=O)Nc2onc(C)c2-c2cccc(C(F)(F)F)c2)no1. The van der Waals surface area contributed by atoms with Crippen molar-refractivity contribution >= 4 is 11.8 Å². The second-order valence-electron chi connectivity index (χ2n) is 5.33. The predicted octanol–water partition coefficient (Wildman–Crippen LogP) is 4.22. The van der Waals surface area contributed by atoms with Gasteiger partial charge in [0.15, 0.2) is 5.69 Å². The summed E-state index contributed by atoms with van der Waals surface area (Å²) in [6.45, 7) is 3.19. The Kier molecular flexibility index (Phi) is 4.07. The van der Waals surface area contributed by atoms with E-state index >= 15 is 0 Å².